The van der Waals surface area contributed by atoms with E-state index in [4.69, 9.17) is 9.84 Å². The summed E-state index contributed by atoms with van der Waals surface area (Å²) in [5.74, 6) is 0.371. The molecule has 0 aromatic heterocycles. The maximum absolute atomic E-state index is 9.00. The summed E-state index contributed by atoms with van der Waals surface area (Å²) in [6, 6.07) is 0. The monoisotopic (exact) mass is 158 g/mol. The highest BCUT2D eigenvalue weighted by molar-refractivity contribution is 4.71. The summed E-state index contributed by atoms with van der Waals surface area (Å²) in [5.41, 5.74) is 0. The first-order chi connectivity index (χ1) is 5.38. The average molecular weight is 158 g/mol. The van der Waals surface area contributed by atoms with Crippen LogP contribution in [0.1, 0.15) is 32.6 Å². The van der Waals surface area contributed by atoms with Gasteiger partial charge in [-0.25, -0.2) is 0 Å². The standard InChI is InChI=1S/C9H18O2/c1-2-8(7-10)9-5-3-4-6-11-9/h8-10H,2-7H2,1H3. The smallest absolute Gasteiger partial charge is 0.0625 e. The minimum absolute atomic E-state index is 0.279. The SMILES string of the molecule is CCC(CO)C1CCCCO1. The van der Waals surface area contributed by atoms with Gasteiger partial charge in [0, 0.05) is 19.1 Å². The summed E-state index contributed by atoms with van der Waals surface area (Å²) in [6.07, 6.45) is 4.96. The molecule has 0 aromatic rings. The molecule has 1 heterocycles. The quantitative estimate of drug-likeness (QED) is 0.675. The minimum Gasteiger partial charge on any atom is -0.396 e. The Labute approximate surface area is 68.6 Å². The van der Waals surface area contributed by atoms with Crippen LogP contribution in [0, 0.1) is 5.92 Å². The first-order valence-electron chi connectivity index (χ1n) is 4.61. The molecule has 0 aliphatic carbocycles. The number of aliphatic hydroxyl groups excluding tert-OH is 1. The average Bonchev–Trinajstić information content (AvgIpc) is 2.09. The first kappa shape index (κ1) is 9.01. The number of rotatable bonds is 3. The lowest BCUT2D eigenvalue weighted by Crippen LogP contribution is -2.29. The Bertz CT molecular complexity index is 93.7. The van der Waals surface area contributed by atoms with Gasteiger partial charge in [-0.1, -0.05) is 6.92 Å². The Morgan fingerprint density at radius 1 is 1.55 bits per heavy atom. The van der Waals surface area contributed by atoms with Crippen molar-refractivity contribution in [3.8, 4) is 0 Å². The van der Waals surface area contributed by atoms with Gasteiger partial charge in [-0.3, -0.25) is 0 Å². The van der Waals surface area contributed by atoms with Gasteiger partial charge in [-0.2, -0.15) is 0 Å². The molecule has 0 spiro atoms. The molecule has 0 saturated carbocycles. The van der Waals surface area contributed by atoms with E-state index in [9.17, 15) is 0 Å². The van der Waals surface area contributed by atoms with E-state index in [-0.39, 0.29) is 6.61 Å². The van der Waals surface area contributed by atoms with Crippen molar-refractivity contribution in [1.29, 1.82) is 0 Å². The molecular formula is C9H18O2. The summed E-state index contributed by atoms with van der Waals surface area (Å²) < 4.78 is 5.56. The lowest BCUT2D eigenvalue weighted by atomic mass is 9.94. The molecule has 1 aliphatic rings. The van der Waals surface area contributed by atoms with Gasteiger partial charge in [-0.05, 0) is 25.7 Å². The van der Waals surface area contributed by atoms with Crippen molar-refractivity contribution in [1.82, 2.24) is 0 Å². The topological polar surface area (TPSA) is 29.5 Å². The molecule has 2 unspecified atom stereocenters. The Morgan fingerprint density at radius 3 is 2.82 bits per heavy atom. The number of aliphatic hydroxyl groups is 1. The number of hydrogen-bond acceptors (Lipinski definition) is 2. The molecule has 1 rings (SSSR count). The molecule has 2 nitrogen and oxygen atoms in total. The van der Waals surface area contributed by atoms with Gasteiger partial charge < -0.3 is 9.84 Å². The van der Waals surface area contributed by atoms with E-state index in [0.717, 1.165) is 19.4 Å². The second kappa shape index (κ2) is 4.73. The third-order valence-electron chi connectivity index (χ3n) is 2.50. The van der Waals surface area contributed by atoms with Crippen molar-refractivity contribution in [2.45, 2.75) is 38.7 Å². The van der Waals surface area contributed by atoms with Gasteiger partial charge in [0.1, 0.15) is 0 Å². The molecule has 66 valence electrons. The normalized spacial score (nSPS) is 28.4. The van der Waals surface area contributed by atoms with Crippen LogP contribution in [0.3, 0.4) is 0 Å². The van der Waals surface area contributed by atoms with E-state index in [1.807, 2.05) is 0 Å². The lowest BCUT2D eigenvalue weighted by molar-refractivity contribution is -0.0363. The highest BCUT2D eigenvalue weighted by atomic mass is 16.5. The van der Waals surface area contributed by atoms with Crippen LogP contribution in [-0.4, -0.2) is 24.4 Å². The summed E-state index contributed by atoms with van der Waals surface area (Å²) in [4.78, 5) is 0. The Hall–Kier alpha value is -0.0800. The van der Waals surface area contributed by atoms with Gasteiger partial charge in [0.2, 0.25) is 0 Å². The van der Waals surface area contributed by atoms with Crippen LogP contribution in [-0.2, 0) is 4.74 Å². The zero-order valence-corrected chi connectivity index (χ0v) is 7.25. The largest absolute Gasteiger partial charge is 0.396 e. The molecule has 0 radical (unpaired) electrons. The maximum Gasteiger partial charge on any atom is 0.0625 e. The summed E-state index contributed by atoms with van der Waals surface area (Å²) in [5, 5.41) is 9.00. The zero-order chi connectivity index (χ0) is 8.10. The fraction of sp³-hybridized carbons (Fsp3) is 1.00. The Balaban J connectivity index is 2.30. The fourth-order valence-corrected chi connectivity index (χ4v) is 1.65. The van der Waals surface area contributed by atoms with Crippen LogP contribution < -0.4 is 0 Å². The van der Waals surface area contributed by atoms with Crippen molar-refractivity contribution in [2.75, 3.05) is 13.2 Å². The van der Waals surface area contributed by atoms with Crippen LogP contribution in [0.5, 0.6) is 0 Å². The van der Waals surface area contributed by atoms with Gasteiger partial charge in [0.25, 0.3) is 0 Å². The van der Waals surface area contributed by atoms with Crippen LogP contribution in [0.2, 0.25) is 0 Å². The summed E-state index contributed by atoms with van der Waals surface area (Å²) in [6.45, 7) is 3.28. The molecule has 0 amide bonds. The van der Waals surface area contributed by atoms with E-state index in [2.05, 4.69) is 6.92 Å². The van der Waals surface area contributed by atoms with Crippen molar-refractivity contribution < 1.29 is 9.84 Å². The summed E-state index contributed by atoms with van der Waals surface area (Å²) in [7, 11) is 0. The third kappa shape index (κ3) is 2.46. The summed E-state index contributed by atoms with van der Waals surface area (Å²) >= 11 is 0. The van der Waals surface area contributed by atoms with Crippen LogP contribution >= 0.6 is 0 Å². The Kier molecular flexibility index (Phi) is 3.87. The predicted octanol–water partition coefficient (Wildman–Crippen LogP) is 1.57. The first-order valence-corrected chi connectivity index (χ1v) is 4.61. The number of hydrogen-bond donors (Lipinski definition) is 1. The maximum atomic E-state index is 9.00. The van der Waals surface area contributed by atoms with Crippen LogP contribution in [0.4, 0.5) is 0 Å². The van der Waals surface area contributed by atoms with E-state index in [1.54, 1.807) is 0 Å². The van der Waals surface area contributed by atoms with E-state index in [1.165, 1.54) is 12.8 Å². The van der Waals surface area contributed by atoms with Gasteiger partial charge in [0.15, 0.2) is 0 Å². The molecule has 11 heavy (non-hydrogen) atoms. The molecule has 0 bridgehead atoms. The van der Waals surface area contributed by atoms with Crippen molar-refractivity contribution in [3.05, 3.63) is 0 Å². The third-order valence-corrected chi connectivity index (χ3v) is 2.50. The van der Waals surface area contributed by atoms with E-state index in [0.29, 0.717) is 12.0 Å². The highest BCUT2D eigenvalue weighted by Crippen LogP contribution is 2.21. The molecule has 2 heteroatoms. The fourth-order valence-electron chi connectivity index (χ4n) is 1.65. The lowest BCUT2D eigenvalue weighted by Gasteiger charge is -2.28. The van der Waals surface area contributed by atoms with Gasteiger partial charge >= 0.3 is 0 Å². The molecule has 2 atom stereocenters. The van der Waals surface area contributed by atoms with Gasteiger partial charge in [-0.15, -0.1) is 0 Å². The molecule has 1 saturated heterocycles. The minimum atomic E-state index is 0.279. The van der Waals surface area contributed by atoms with Crippen LogP contribution in [0.25, 0.3) is 0 Å². The number of ether oxygens (including phenoxy) is 1. The van der Waals surface area contributed by atoms with Crippen molar-refractivity contribution in [3.63, 3.8) is 0 Å². The highest BCUT2D eigenvalue weighted by Gasteiger charge is 2.21. The zero-order valence-electron chi connectivity index (χ0n) is 7.25. The van der Waals surface area contributed by atoms with Crippen molar-refractivity contribution >= 4 is 0 Å². The molecular weight excluding hydrogens is 140 g/mol. The molecule has 1 aliphatic heterocycles. The second-order valence-electron chi connectivity index (χ2n) is 3.26. The molecule has 1 N–H and O–H groups in total. The predicted molar refractivity (Wildman–Crippen MR) is 44.5 cm³/mol. The second-order valence-corrected chi connectivity index (χ2v) is 3.26. The molecule has 1 fully saturated rings. The van der Waals surface area contributed by atoms with Crippen LogP contribution in [0.15, 0.2) is 0 Å². The van der Waals surface area contributed by atoms with E-state index < -0.39 is 0 Å². The van der Waals surface area contributed by atoms with Gasteiger partial charge in [0.05, 0.1) is 6.10 Å². The van der Waals surface area contributed by atoms with Crippen molar-refractivity contribution in [2.24, 2.45) is 5.92 Å². The molecule has 0 aromatic carbocycles. The van der Waals surface area contributed by atoms with E-state index >= 15 is 0 Å². The Morgan fingerprint density at radius 2 is 2.36 bits per heavy atom.